The SMILES string of the molecule is C=CCc1nccn1C=C.Cl. The number of hydrogen-bond donors (Lipinski definition) is 0. The predicted octanol–water partition coefficient (Wildman–Crippen LogP) is 2.13. The van der Waals surface area contributed by atoms with Gasteiger partial charge in [0.25, 0.3) is 0 Å². The van der Waals surface area contributed by atoms with Gasteiger partial charge < -0.3 is 4.57 Å². The van der Waals surface area contributed by atoms with Crippen LogP contribution in [-0.2, 0) is 6.42 Å². The average molecular weight is 171 g/mol. The molecule has 0 aliphatic carbocycles. The second-order valence-electron chi connectivity index (χ2n) is 1.93. The van der Waals surface area contributed by atoms with Crippen molar-refractivity contribution in [3.8, 4) is 0 Å². The number of hydrogen-bond acceptors (Lipinski definition) is 1. The molecule has 11 heavy (non-hydrogen) atoms. The van der Waals surface area contributed by atoms with E-state index in [1.54, 1.807) is 12.4 Å². The van der Waals surface area contributed by atoms with Gasteiger partial charge in [0.05, 0.1) is 0 Å². The van der Waals surface area contributed by atoms with Crippen LogP contribution in [0.1, 0.15) is 5.82 Å². The van der Waals surface area contributed by atoms with Crippen molar-refractivity contribution in [2.45, 2.75) is 6.42 Å². The Bertz CT molecular complexity index is 240. The summed E-state index contributed by atoms with van der Waals surface area (Å²) >= 11 is 0. The molecule has 3 heteroatoms. The van der Waals surface area contributed by atoms with Gasteiger partial charge in [-0.2, -0.15) is 0 Å². The van der Waals surface area contributed by atoms with Crippen LogP contribution in [0.2, 0.25) is 0 Å². The Morgan fingerprint density at radius 1 is 1.55 bits per heavy atom. The molecule has 0 unspecified atom stereocenters. The van der Waals surface area contributed by atoms with Crippen molar-refractivity contribution in [3.63, 3.8) is 0 Å². The first kappa shape index (κ1) is 9.98. The molecule has 0 radical (unpaired) electrons. The van der Waals surface area contributed by atoms with Gasteiger partial charge in [0.15, 0.2) is 0 Å². The van der Waals surface area contributed by atoms with E-state index in [0.717, 1.165) is 12.2 Å². The maximum absolute atomic E-state index is 4.10. The van der Waals surface area contributed by atoms with E-state index in [2.05, 4.69) is 18.1 Å². The maximum atomic E-state index is 4.10. The van der Waals surface area contributed by atoms with Crippen LogP contribution in [0.4, 0.5) is 0 Å². The van der Waals surface area contributed by atoms with Crippen molar-refractivity contribution in [1.82, 2.24) is 9.55 Å². The van der Waals surface area contributed by atoms with Crippen LogP contribution < -0.4 is 0 Å². The second-order valence-corrected chi connectivity index (χ2v) is 1.93. The van der Waals surface area contributed by atoms with Gasteiger partial charge in [-0.1, -0.05) is 12.7 Å². The Balaban J connectivity index is 0.000001000. The van der Waals surface area contributed by atoms with Gasteiger partial charge in [-0.3, -0.25) is 0 Å². The van der Waals surface area contributed by atoms with Crippen molar-refractivity contribution in [2.75, 3.05) is 0 Å². The molecular weight excluding hydrogens is 160 g/mol. The number of allylic oxidation sites excluding steroid dienone is 1. The third-order valence-corrected chi connectivity index (χ3v) is 1.27. The summed E-state index contributed by atoms with van der Waals surface area (Å²) in [5.74, 6) is 0.977. The average Bonchev–Trinajstić information content (AvgIpc) is 2.36. The Morgan fingerprint density at radius 2 is 2.27 bits per heavy atom. The number of nitrogens with zero attached hydrogens (tertiary/aromatic N) is 2. The summed E-state index contributed by atoms with van der Waals surface area (Å²) in [6.45, 7) is 7.26. The zero-order chi connectivity index (χ0) is 7.40. The number of aromatic nitrogens is 2. The molecular formula is C8H11ClN2. The molecule has 0 aromatic carbocycles. The van der Waals surface area contributed by atoms with Crippen LogP contribution in [0.15, 0.2) is 31.6 Å². The van der Waals surface area contributed by atoms with Crippen molar-refractivity contribution in [1.29, 1.82) is 0 Å². The molecule has 0 N–H and O–H groups in total. The van der Waals surface area contributed by atoms with Gasteiger partial charge in [0.1, 0.15) is 5.82 Å². The maximum Gasteiger partial charge on any atom is 0.116 e. The Kier molecular flexibility index (Phi) is 4.30. The van der Waals surface area contributed by atoms with Gasteiger partial charge >= 0.3 is 0 Å². The van der Waals surface area contributed by atoms with Gasteiger partial charge in [-0.05, 0) is 0 Å². The molecule has 1 heterocycles. The summed E-state index contributed by atoms with van der Waals surface area (Å²) in [5, 5.41) is 0. The van der Waals surface area contributed by atoms with E-state index in [9.17, 15) is 0 Å². The molecule has 1 rings (SSSR count). The molecule has 0 atom stereocenters. The van der Waals surface area contributed by atoms with Crippen LogP contribution in [0.5, 0.6) is 0 Å². The molecule has 0 bridgehead atoms. The normalized spacial score (nSPS) is 8.36. The van der Waals surface area contributed by atoms with Crippen molar-refractivity contribution >= 4 is 18.6 Å². The summed E-state index contributed by atoms with van der Waals surface area (Å²) in [6.07, 6.45) is 7.96. The first-order chi connectivity index (χ1) is 4.88. The van der Waals surface area contributed by atoms with Crippen molar-refractivity contribution in [2.24, 2.45) is 0 Å². The standard InChI is InChI=1S/C8H10N2.ClH/c1-3-5-8-9-6-7-10(8)4-2;/h3-4,6-7H,1-2,5H2;1H. The van der Waals surface area contributed by atoms with Crippen LogP contribution in [0, 0.1) is 0 Å². The highest BCUT2D eigenvalue weighted by molar-refractivity contribution is 5.85. The molecule has 0 fully saturated rings. The molecule has 0 saturated carbocycles. The van der Waals surface area contributed by atoms with Gasteiger partial charge in [-0.25, -0.2) is 4.98 Å². The molecule has 1 aromatic heterocycles. The fraction of sp³-hybridized carbons (Fsp3) is 0.125. The monoisotopic (exact) mass is 170 g/mol. The lowest BCUT2D eigenvalue weighted by atomic mass is 10.4. The second kappa shape index (κ2) is 4.74. The van der Waals surface area contributed by atoms with E-state index >= 15 is 0 Å². The lowest BCUT2D eigenvalue weighted by molar-refractivity contribution is 0.973. The van der Waals surface area contributed by atoms with Crippen LogP contribution in [-0.4, -0.2) is 9.55 Å². The number of halogens is 1. The Labute approximate surface area is 72.7 Å². The highest BCUT2D eigenvalue weighted by Gasteiger charge is 1.94. The third-order valence-electron chi connectivity index (χ3n) is 1.27. The fourth-order valence-electron chi connectivity index (χ4n) is 0.797. The van der Waals surface area contributed by atoms with E-state index < -0.39 is 0 Å². The zero-order valence-electron chi connectivity index (χ0n) is 6.23. The van der Waals surface area contributed by atoms with E-state index in [1.807, 2.05) is 16.8 Å². The molecule has 0 saturated heterocycles. The molecule has 0 amide bonds. The number of rotatable bonds is 3. The summed E-state index contributed by atoms with van der Waals surface area (Å²) in [6, 6.07) is 0. The Hall–Kier alpha value is -1.02. The molecule has 1 aromatic rings. The van der Waals surface area contributed by atoms with Crippen LogP contribution >= 0.6 is 12.4 Å². The summed E-state index contributed by atoms with van der Waals surface area (Å²) < 4.78 is 1.88. The molecule has 0 aliphatic heterocycles. The molecule has 60 valence electrons. The first-order valence-corrected chi connectivity index (χ1v) is 3.13. The minimum Gasteiger partial charge on any atom is -0.311 e. The number of imidazole rings is 1. The summed E-state index contributed by atoms with van der Waals surface area (Å²) in [7, 11) is 0. The van der Waals surface area contributed by atoms with E-state index in [-0.39, 0.29) is 12.4 Å². The molecule has 0 spiro atoms. The quantitative estimate of drug-likeness (QED) is 0.636. The van der Waals surface area contributed by atoms with Crippen molar-refractivity contribution in [3.05, 3.63) is 37.5 Å². The highest BCUT2D eigenvalue weighted by atomic mass is 35.5. The minimum absolute atomic E-state index is 0. The van der Waals surface area contributed by atoms with Gasteiger partial charge in [0.2, 0.25) is 0 Å². The largest absolute Gasteiger partial charge is 0.311 e. The summed E-state index contributed by atoms with van der Waals surface area (Å²) in [4.78, 5) is 4.10. The first-order valence-electron chi connectivity index (χ1n) is 3.13. The van der Waals surface area contributed by atoms with Gasteiger partial charge in [-0.15, -0.1) is 19.0 Å². The topological polar surface area (TPSA) is 17.8 Å². The third kappa shape index (κ3) is 2.24. The van der Waals surface area contributed by atoms with Gasteiger partial charge in [0, 0.05) is 25.0 Å². The van der Waals surface area contributed by atoms with E-state index in [0.29, 0.717) is 0 Å². The summed E-state index contributed by atoms with van der Waals surface area (Å²) in [5.41, 5.74) is 0. The fourth-order valence-corrected chi connectivity index (χ4v) is 0.797. The highest BCUT2D eigenvalue weighted by Crippen LogP contribution is 1.98. The van der Waals surface area contributed by atoms with E-state index in [4.69, 9.17) is 0 Å². The lowest BCUT2D eigenvalue weighted by Gasteiger charge is -1.95. The lowest BCUT2D eigenvalue weighted by Crippen LogP contribution is -1.92. The molecule has 0 aliphatic rings. The van der Waals surface area contributed by atoms with Crippen LogP contribution in [0.3, 0.4) is 0 Å². The predicted molar refractivity (Wildman–Crippen MR) is 49.8 cm³/mol. The zero-order valence-corrected chi connectivity index (χ0v) is 7.05. The van der Waals surface area contributed by atoms with Crippen molar-refractivity contribution < 1.29 is 0 Å². The molecule has 2 nitrogen and oxygen atoms in total. The van der Waals surface area contributed by atoms with E-state index in [1.165, 1.54) is 0 Å². The minimum atomic E-state index is 0. The smallest absolute Gasteiger partial charge is 0.116 e. The Morgan fingerprint density at radius 3 is 2.82 bits per heavy atom. The van der Waals surface area contributed by atoms with Crippen LogP contribution in [0.25, 0.3) is 6.20 Å².